The van der Waals surface area contributed by atoms with Crippen molar-refractivity contribution in [2.45, 2.75) is 20.0 Å². The third-order valence-electron chi connectivity index (χ3n) is 2.67. The monoisotopic (exact) mass is 399 g/mol. The van der Waals surface area contributed by atoms with Crippen molar-refractivity contribution in [2.24, 2.45) is 10.2 Å². The Labute approximate surface area is 146 Å². The number of thioether (sulfide) groups is 1. The van der Waals surface area contributed by atoms with Crippen LogP contribution in [0.5, 0.6) is 5.75 Å². The highest BCUT2D eigenvalue weighted by molar-refractivity contribution is 9.10. The zero-order chi connectivity index (χ0) is 17.0. The average Bonchev–Trinajstić information content (AvgIpc) is 2.86. The molecular formula is C13H15BBrN3O4S. The molecule has 1 heterocycles. The number of ether oxygens (including phenoxy) is 1. The Morgan fingerprint density at radius 2 is 2.22 bits per heavy atom. The zero-order valence-corrected chi connectivity index (χ0v) is 14.9. The molecule has 1 fully saturated rings. The maximum absolute atomic E-state index is 11.0. The van der Waals surface area contributed by atoms with Crippen LogP contribution in [0.15, 0.2) is 26.8 Å². The Kier molecular flexibility index (Phi) is 6.22. The summed E-state index contributed by atoms with van der Waals surface area (Å²) >= 11 is 4.63. The van der Waals surface area contributed by atoms with Gasteiger partial charge in [0.1, 0.15) is 5.75 Å². The smallest absolute Gasteiger partial charge is 0.490 e. The van der Waals surface area contributed by atoms with E-state index in [1.54, 1.807) is 12.1 Å². The summed E-state index contributed by atoms with van der Waals surface area (Å²) in [6.45, 7) is 3.69. The summed E-state index contributed by atoms with van der Waals surface area (Å²) in [5.74, 6) is 0.604. The SMILES string of the molecule is CC(C)Oc1c(Br)cc(C=NN=C2NC(=O)CS2)cc1B(O)O. The lowest BCUT2D eigenvalue weighted by molar-refractivity contribution is -0.116. The molecule has 2 rings (SSSR count). The standard InChI is InChI=1S/C13H15BBrN3O4S/c1-7(2)22-12-9(14(20)21)3-8(4-10(12)15)5-16-18-13-17-11(19)6-23-13/h3-5,7,20-21H,6H2,1-2H3,(H,17,18,19). The number of hydrogen-bond acceptors (Lipinski definition) is 7. The van der Waals surface area contributed by atoms with Crippen molar-refractivity contribution >= 4 is 57.6 Å². The molecule has 1 aliphatic heterocycles. The summed E-state index contributed by atoms with van der Waals surface area (Å²) in [6.07, 6.45) is 1.34. The van der Waals surface area contributed by atoms with Gasteiger partial charge in [-0.15, -0.1) is 5.10 Å². The minimum Gasteiger partial charge on any atom is -0.490 e. The molecule has 1 aromatic carbocycles. The first-order valence-corrected chi connectivity index (χ1v) is 8.54. The van der Waals surface area contributed by atoms with E-state index in [9.17, 15) is 14.8 Å². The molecule has 0 bridgehead atoms. The second-order valence-corrected chi connectivity index (χ2v) is 6.77. The molecule has 1 aliphatic rings. The fourth-order valence-electron chi connectivity index (χ4n) is 1.79. The third kappa shape index (κ3) is 5.06. The van der Waals surface area contributed by atoms with Crippen molar-refractivity contribution in [3.63, 3.8) is 0 Å². The van der Waals surface area contributed by atoms with Crippen molar-refractivity contribution in [3.8, 4) is 5.75 Å². The molecule has 0 unspecified atom stereocenters. The number of nitrogens with zero attached hydrogens (tertiary/aromatic N) is 2. The molecule has 0 spiro atoms. The first-order valence-electron chi connectivity index (χ1n) is 6.76. The molecule has 0 aromatic heterocycles. The number of benzene rings is 1. The number of amides is 1. The molecule has 1 aromatic rings. The lowest BCUT2D eigenvalue weighted by atomic mass is 9.78. The van der Waals surface area contributed by atoms with E-state index in [-0.39, 0.29) is 17.5 Å². The Morgan fingerprint density at radius 3 is 2.78 bits per heavy atom. The van der Waals surface area contributed by atoms with Crippen LogP contribution in [0, 0.1) is 0 Å². The van der Waals surface area contributed by atoms with Gasteiger partial charge in [0.15, 0.2) is 5.17 Å². The first-order chi connectivity index (χ1) is 10.9. The van der Waals surface area contributed by atoms with Crippen molar-refractivity contribution in [1.82, 2.24) is 5.32 Å². The van der Waals surface area contributed by atoms with E-state index in [1.165, 1.54) is 18.0 Å². The molecule has 0 radical (unpaired) electrons. The topological polar surface area (TPSA) is 104 Å². The van der Waals surface area contributed by atoms with Gasteiger partial charge in [-0.25, -0.2) is 0 Å². The predicted molar refractivity (Wildman–Crippen MR) is 95.4 cm³/mol. The summed E-state index contributed by atoms with van der Waals surface area (Å²) in [6, 6.07) is 3.28. The maximum Gasteiger partial charge on any atom is 0.492 e. The molecule has 23 heavy (non-hydrogen) atoms. The lowest BCUT2D eigenvalue weighted by Gasteiger charge is -2.16. The number of halogens is 1. The Bertz CT molecular complexity index is 667. The Hall–Kier alpha value is -1.36. The van der Waals surface area contributed by atoms with Crippen LogP contribution in [0.2, 0.25) is 0 Å². The average molecular weight is 400 g/mol. The van der Waals surface area contributed by atoms with Crippen LogP contribution < -0.4 is 15.5 Å². The van der Waals surface area contributed by atoms with Gasteiger partial charge in [0, 0.05) is 5.46 Å². The number of amidine groups is 1. The van der Waals surface area contributed by atoms with Crippen molar-refractivity contribution in [2.75, 3.05) is 5.75 Å². The van der Waals surface area contributed by atoms with Gasteiger partial charge >= 0.3 is 7.12 Å². The van der Waals surface area contributed by atoms with Crippen molar-refractivity contribution in [1.29, 1.82) is 0 Å². The van der Waals surface area contributed by atoms with Gasteiger partial charge in [-0.1, -0.05) is 11.8 Å². The molecule has 122 valence electrons. The molecule has 1 saturated heterocycles. The molecule has 0 atom stereocenters. The molecule has 7 nitrogen and oxygen atoms in total. The summed E-state index contributed by atoms with van der Waals surface area (Å²) in [5, 5.41) is 29.8. The number of rotatable bonds is 5. The summed E-state index contributed by atoms with van der Waals surface area (Å²) in [4.78, 5) is 11.0. The van der Waals surface area contributed by atoms with E-state index in [2.05, 4.69) is 31.4 Å². The summed E-state index contributed by atoms with van der Waals surface area (Å²) in [7, 11) is -1.68. The van der Waals surface area contributed by atoms with Gasteiger partial charge in [-0.05, 0) is 47.5 Å². The molecule has 1 amide bonds. The van der Waals surface area contributed by atoms with Crippen LogP contribution in [0.3, 0.4) is 0 Å². The fourth-order valence-corrected chi connectivity index (χ4v) is 3.01. The van der Waals surface area contributed by atoms with Crippen LogP contribution in [0.4, 0.5) is 0 Å². The fraction of sp³-hybridized carbons (Fsp3) is 0.308. The zero-order valence-electron chi connectivity index (χ0n) is 12.5. The van der Waals surface area contributed by atoms with Crippen LogP contribution >= 0.6 is 27.7 Å². The van der Waals surface area contributed by atoms with E-state index in [0.717, 1.165) is 0 Å². The minimum atomic E-state index is -1.68. The number of hydrogen-bond donors (Lipinski definition) is 3. The highest BCUT2D eigenvalue weighted by atomic mass is 79.9. The molecule has 0 saturated carbocycles. The minimum absolute atomic E-state index is 0.104. The van der Waals surface area contributed by atoms with Gasteiger partial charge in [0.25, 0.3) is 0 Å². The highest BCUT2D eigenvalue weighted by Gasteiger charge is 2.21. The first kappa shape index (κ1) is 18.0. The quantitative estimate of drug-likeness (QED) is 0.379. The maximum atomic E-state index is 11.0. The summed E-state index contributed by atoms with van der Waals surface area (Å²) in [5.41, 5.74) is 0.834. The molecule has 0 aliphatic carbocycles. The van der Waals surface area contributed by atoms with Crippen LogP contribution in [0.1, 0.15) is 19.4 Å². The second kappa shape index (κ2) is 7.96. The van der Waals surface area contributed by atoms with E-state index in [1.807, 2.05) is 13.8 Å². The largest absolute Gasteiger partial charge is 0.492 e. The van der Waals surface area contributed by atoms with Gasteiger partial charge < -0.3 is 20.1 Å². The molecule has 10 heteroatoms. The Morgan fingerprint density at radius 1 is 1.48 bits per heavy atom. The number of carbonyl (C=O) groups excluding carboxylic acids is 1. The van der Waals surface area contributed by atoms with Gasteiger partial charge in [-0.2, -0.15) is 5.10 Å². The molecular weight excluding hydrogens is 385 g/mol. The van der Waals surface area contributed by atoms with E-state index >= 15 is 0 Å². The van der Waals surface area contributed by atoms with Crippen LogP contribution in [-0.2, 0) is 4.79 Å². The van der Waals surface area contributed by atoms with Crippen molar-refractivity contribution < 1.29 is 19.6 Å². The predicted octanol–water partition coefficient (Wildman–Crippen LogP) is 0.469. The Balaban J connectivity index is 2.24. The van der Waals surface area contributed by atoms with E-state index < -0.39 is 7.12 Å². The third-order valence-corrected chi connectivity index (χ3v) is 4.12. The van der Waals surface area contributed by atoms with Gasteiger partial charge in [0.05, 0.1) is 22.5 Å². The number of carbonyl (C=O) groups is 1. The van der Waals surface area contributed by atoms with Crippen LogP contribution in [0.25, 0.3) is 0 Å². The highest BCUT2D eigenvalue weighted by Crippen LogP contribution is 2.25. The second-order valence-electron chi connectivity index (χ2n) is 4.95. The van der Waals surface area contributed by atoms with Crippen LogP contribution in [-0.4, -0.2) is 46.3 Å². The summed E-state index contributed by atoms with van der Waals surface area (Å²) < 4.78 is 6.18. The normalized spacial score (nSPS) is 16.4. The number of nitrogens with one attached hydrogen (secondary N) is 1. The van der Waals surface area contributed by atoms with Gasteiger partial charge in [0.2, 0.25) is 5.91 Å². The lowest BCUT2D eigenvalue weighted by Crippen LogP contribution is -2.33. The molecule has 3 N–H and O–H groups in total. The van der Waals surface area contributed by atoms with E-state index in [4.69, 9.17) is 4.74 Å². The van der Waals surface area contributed by atoms with Crippen molar-refractivity contribution in [3.05, 3.63) is 22.2 Å². The van der Waals surface area contributed by atoms with E-state index in [0.29, 0.717) is 26.7 Å². The van der Waals surface area contributed by atoms with Gasteiger partial charge in [-0.3, -0.25) is 4.79 Å².